The third-order valence-corrected chi connectivity index (χ3v) is 3.89. The molecule has 0 atom stereocenters. The van der Waals surface area contributed by atoms with Crippen molar-refractivity contribution in [2.45, 2.75) is 6.54 Å². The van der Waals surface area contributed by atoms with Crippen molar-refractivity contribution in [3.05, 3.63) is 52.0 Å². The number of benzene rings is 2. The maximum Gasteiger partial charge on any atom is 0.258 e. The number of amides is 1. The van der Waals surface area contributed by atoms with E-state index >= 15 is 0 Å². The van der Waals surface area contributed by atoms with E-state index in [2.05, 4.69) is 21.2 Å². The molecule has 0 aromatic heterocycles. The lowest BCUT2D eigenvalue weighted by Gasteiger charge is -2.11. The predicted octanol–water partition coefficient (Wildman–Crippen LogP) is 2.97. The van der Waals surface area contributed by atoms with E-state index in [1.807, 2.05) is 6.07 Å². The second kappa shape index (κ2) is 9.08. The molecule has 0 fully saturated rings. The quantitative estimate of drug-likeness (QED) is 0.680. The summed E-state index contributed by atoms with van der Waals surface area (Å²) < 4.78 is 16.6. The topological polar surface area (TPSA) is 73.9 Å². The zero-order valence-corrected chi connectivity index (χ0v) is 15.5. The molecule has 0 heterocycles. The smallest absolute Gasteiger partial charge is 0.258 e. The Morgan fingerprint density at radius 3 is 2.48 bits per heavy atom. The van der Waals surface area contributed by atoms with Gasteiger partial charge in [-0.05, 0) is 35.9 Å². The van der Waals surface area contributed by atoms with Crippen LogP contribution >= 0.6 is 15.9 Å². The van der Waals surface area contributed by atoms with Crippen LogP contribution in [0.5, 0.6) is 17.2 Å². The molecule has 0 spiro atoms. The average Bonchev–Trinajstić information content (AvgIpc) is 2.64. The molecular formula is C18H18BrNO5. The Labute approximate surface area is 154 Å². The van der Waals surface area contributed by atoms with E-state index in [9.17, 15) is 9.59 Å². The minimum absolute atomic E-state index is 0.185. The van der Waals surface area contributed by atoms with Gasteiger partial charge in [-0.25, -0.2) is 0 Å². The summed E-state index contributed by atoms with van der Waals surface area (Å²) in [5.41, 5.74) is 1.24. The van der Waals surface area contributed by atoms with Crippen molar-refractivity contribution in [2.24, 2.45) is 0 Å². The maximum atomic E-state index is 11.9. The summed E-state index contributed by atoms with van der Waals surface area (Å²) in [6.45, 7) is 0.138. The summed E-state index contributed by atoms with van der Waals surface area (Å²) in [6.07, 6.45) is 0.682. The molecule has 1 amide bonds. The molecule has 0 aliphatic rings. The summed E-state index contributed by atoms with van der Waals surface area (Å²) in [7, 11) is 3.11. The highest BCUT2D eigenvalue weighted by atomic mass is 79.9. The van der Waals surface area contributed by atoms with Crippen molar-refractivity contribution in [1.82, 2.24) is 5.32 Å². The number of carbonyl (C=O) groups excluding carboxylic acids is 2. The first kappa shape index (κ1) is 18.8. The van der Waals surface area contributed by atoms with Crippen LogP contribution in [0, 0.1) is 0 Å². The largest absolute Gasteiger partial charge is 0.493 e. The molecule has 0 aliphatic carbocycles. The van der Waals surface area contributed by atoms with Crippen LogP contribution in [0.3, 0.4) is 0 Å². The fourth-order valence-electron chi connectivity index (χ4n) is 2.13. The highest BCUT2D eigenvalue weighted by Crippen LogP contribution is 2.27. The summed E-state index contributed by atoms with van der Waals surface area (Å²) in [4.78, 5) is 23.0. The first-order valence-corrected chi connectivity index (χ1v) is 8.21. The Balaban J connectivity index is 1.90. The third-order valence-electron chi connectivity index (χ3n) is 3.40. The molecule has 0 unspecified atom stereocenters. The molecule has 2 rings (SSSR count). The lowest BCUT2D eigenvalue weighted by atomic mass is 10.2. The van der Waals surface area contributed by atoms with Crippen molar-refractivity contribution in [2.75, 3.05) is 20.8 Å². The molecule has 2 aromatic carbocycles. The van der Waals surface area contributed by atoms with E-state index in [1.165, 1.54) is 0 Å². The summed E-state index contributed by atoms with van der Waals surface area (Å²) in [6, 6.07) is 10.4. The van der Waals surface area contributed by atoms with Crippen LogP contribution in [0.1, 0.15) is 15.9 Å². The molecule has 7 heteroatoms. The Bertz CT molecular complexity index is 763. The van der Waals surface area contributed by atoms with Crippen molar-refractivity contribution in [3.63, 3.8) is 0 Å². The molecule has 0 saturated heterocycles. The normalized spacial score (nSPS) is 10.0. The highest BCUT2D eigenvalue weighted by molar-refractivity contribution is 9.10. The fourth-order valence-corrected chi connectivity index (χ4v) is 2.51. The number of hydrogen-bond acceptors (Lipinski definition) is 5. The molecular weight excluding hydrogens is 390 g/mol. The SMILES string of the molecule is COc1ccc(CNC(=O)COc2ccc(Br)cc2C=O)cc1OC. The van der Waals surface area contributed by atoms with Gasteiger partial charge in [-0.1, -0.05) is 22.0 Å². The van der Waals surface area contributed by atoms with Crippen molar-refractivity contribution >= 4 is 28.1 Å². The second-order valence-corrected chi connectivity index (χ2v) is 5.97. The zero-order valence-electron chi connectivity index (χ0n) is 13.9. The lowest BCUT2D eigenvalue weighted by Crippen LogP contribution is -2.28. The van der Waals surface area contributed by atoms with Gasteiger partial charge in [0, 0.05) is 11.0 Å². The lowest BCUT2D eigenvalue weighted by molar-refractivity contribution is -0.123. The number of carbonyl (C=O) groups is 2. The number of methoxy groups -OCH3 is 2. The first-order chi connectivity index (χ1) is 12.1. The Morgan fingerprint density at radius 1 is 1.08 bits per heavy atom. The van der Waals surface area contributed by atoms with Gasteiger partial charge in [-0.2, -0.15) is 0 Å². The zero-order chi connectivity index (χ0) is 18.2. The summed E-state index contributed by atoms with van der Waals surface area (Å²) in [5, 5.41) is 2.75. The predicted molar refractivity (Wildman–Crippen MR) is 96.4 cm³/mol. The van der Waals surface area contributed by atoms with E-state index < -0.39 is 0 Å². The van der Waals surface area contributed by atoms with Gasteiger partial charge in [0.15, 0.2) is 24.4 Å². The van der Waals surface area contributed by atoms with Crippen LogP contribution in [-0.2, 0) is 11.3 Å². The molecule has 132 valence electrons. The average molecular weight is 408 g/mol. The molecule has 0 aliphatic heterocycles. The Kier molecular flexibility index (Phi) is 6.82. The Hall–Kier alpha value is -2.54. The number of nitrogens with one attached hydrogen (secondary N) is 1. The van der Waals surface area contributed by atoms with Crippen molar-refractivity contribution in [1.29, 1.82) is 0 Å². The maximum absolute atomic E-state index is 11.9. The van der Waals surface area contributed by atoms with E-state index in [0.717, 1.165) is 10.0 Å². The van der Waals surface area contributed by atoms with E-state index in [1.54, 1.807) is 44.6 Å². The van der Waals surface area contributed by atoms with Gasteiger partial charge in [0.05, 0.1) is 19.8 Å². The minimum atomic E-state index is -0.297. The molecule has 2 aromatic rings. The Morgan fingerprint density at radius 2 is 1.80 bits per heavy atom. The monoisotopic (exact) mass is 407 g/mol. The number of aldehydes is 1. The van der Waals surface area contributed by atoms with Gasteiger partial charge in [-0.3, -0.25) is 9.59 Å². The number of rotatable bonds is 8. The van der Waals surface area contributed by atoms with E-state index in [-0.39, 0.29) is 12.5 Å². The van der Waals surface area contributed by atoms with Gasteiger partial charge in [-0.15, -0.1) is 0 Å². The van der Waals surface area contributed by atoms with Gasteiger partial charge >= 0.3 is 0 Å². The minimum Gasteiger partial charge on any atom is -0.493 e. The second-order valence-electron chi connectivity index (χ2n) is 5.05. The van der Waals surface area contributed by atoms with Crippen molar-refractivity contribution in [3.8, 4) is 17.2 Å². The van der Waals surface area contributed by atoms with Crippen LogP contribution in [0.2, 0.25) is 0 Å². The van der Waals surface area contributed by atoms with Gasteiger partial charge < -0.3 is 19.5 Å². The van der Waals surface area contributed by atoms with Gasteiger partial charge in [0.1, 0.15) is 5.75 Å². The van der Waals surface area contributed by atoms with E-state index in [0.29, 0.717) is 35.6 Å². The van der Waals surface area contributed by atoms with Crippen LogP contribution in [0.25, 0.3) is 0 Å². The molecule has 1 N–H and O–H groups in total. The summed E-state index contributed by atoms with van der Waals surface area (Å²) >= 11 is 3.28. The van der Waals surface area contributed by atoms with Gasteiger partial charge in [0.2, 0.25) is 0 Å². The van der Waals surface area contributed by atoms with Crippen LogP contribution < -0.4 is 19.5 Å². The summed E-state index contributed by atoms with van der Waals surface area (Å²) in [5.74, 6) is 1.28. The standard InChI is InChI=1S/C18H18BrNO5/c1-23-16-5-3-12(7-17(16)24-2)9-20-18(22)11-25-15-6-4-14(19)8-13(15)10-21/h3-8,10H,9,11H2,1-2H3,(H,20,22). The van der Waals surface area contributed by atoms with Gasteiger partial charge in [0.25, 0.3) is 5.91 Å². The fraction of sp³-hybridized carbons (Fsp3) is 0.222. The van der Waals surface area contributed by atoms with Crippen LogP contribution in [0.15, 0.2) is 40.9 Å². The highest BCUT2D eigenvalue weighted by Gasteiger charge is 2.09. The van der Waals surface area contributed by atoms with E-state index in [4.69, 9.17) is 14.2 Å². The first-order valence-electron chi connectivity index (χ1n) is 7.42. The molecule has 25 heavy (non-hydrogen) atoms. The number of ether oxygens (including phenoxy) is 3. The molecule has 0 radical (unpaired) electrons. The molecule has 0 bridgehead atoms. The molecule has 6 nitrogen and oxygen atoms in total. The number of halogens is 1. The van der Waals surface area contributed by atoms with Crippen LogP contribution in [-0.4, -0.2) is 33.0 Å². The van der Waals surface area contributed by atoms with Crippen molar-refractivity contribution < 1.29 is 23.8 Å². The van der Waals surface area contributed by atoms with Crippen LogP contribution in [0.4, 0.5) is 0 Å². The third kappa shape index (κ3) is 5.22. The molecule has 0 saturated carbocycles. The number of hydrogen-bond donors (Lipinski definition) is 1.